The summed E-state index contributed by atoms with van der Waals surface area (Å²) in [6.07, 6.45) is 4.22. The second kappa shape index (κ2) is 8.99. The van der Waals surface area contributed by atoms with E-state index in [1.54, 1.807) is 0 Å². The third-order valence-electron chi connectivity index (χ3n) is 3.43. The van der Waals surface area contributed by atoms with Crippen molar-refractivity contribution in [3.8, 4) is 0 Å². The molecule has 0 aromatic carbocycles. The molecule has 0 unspecified atom stereocenters. The Morgan fingerprint density at radius 2 is 1.81 bits per heavy atom. The van der Waals surface area contributed by atoms with Crippen LogP contribution in [0.3, 0.4) is 0 Å². The molecule has 1 aliphatic rings. The van der Waals surface area contributed by atoms with E-state index in [4.69, 9.17) is 5.11 Å². The Labute approximate surface area is 125 Å². The van der Waals surface area contributed by atoms with E-state index >= 15 is 0 Å². The second-order valence-corrected chi connectivity index (χ2v) is 7.31. The highest BCUT2D eigenvalue weighted by Gasteiger charge is 2.27. The Kier molecular flexibility index (Phi) is 7.66. The highest BCUT2D eigenvalue weighted by Crippen LogP contribution is 2.13. The highest BCUT2D eigenvalue weighted by atomic mass is 32.2. The molecule has 7 nitrogen and oxygen atoms in total. The molecular weight excluding hydrogens is 296 g/mol. The van der Waals surface area contributed by atoms with Gasteiger partial charge in [0.2, 0.25) is 15.9 Å². The lowest BCUT2D eigenvalue weighted by Gasteiger charge is -2.13. The number of amides is 1. The largest absolute Gasteiger partial charge is 0.481 e. The molecule has 0 aromatic heterocycles. The molecule has 1 aliphatic heterocycles. The van der Waals surface area contributed by atoms with Crippen LogP contribution in [0, 0.1) is 0 Å². The van der Waals surface area contributed by atoms with E-state index in [1.807, 2.05) is 0 Å². The summed E-state index contributed by atoms with van der Waals surface area (Å²) in [6, 6.07) is 0. The van der Waals surface area contributed by atoms with Crippen LogP contribution in [0.5, 0.6) is 0 Å². The third kappa shape index (κ3) is 7.42. The molecule has 0 atom stereocenters. The number of aliphatic carboxylic acids is 1. The summed E-state index contributed by atoms with van der Waals surface area (Å²) in [6.45, 7) is 1.32. The molecule has 0 aliphatic carbocycles. The zero-order valence-corrected chi connectivity index (χ0v) is 13.0. The van der Waals surface area contributed by atoms with Crippen molar-refractivity contribution >= 4 is 21.9 Å². The van der Waals surface area contributed by atoms with Crippen LogP contribution in [0.4, 0.5) is 0 Å². The van der Waals surface area contributed by atoms with Crippen molar-refractivity contribution in [2.45, 2.75) is 44.9 Å². The average molecular weight is 320 g/mol. The van der Waals surface area contributed by atoms with Gasteiger partial charge in [0.25, 0.3) is 0 Å². The first-order valence-corrected chi connectivity index (χ1v) is 8.99. The summed E-state index contributed by atoms with van der Waals surface area (Å²) in [5, 5.41) is 11.2. The molecule has 1 fully saturated rings. The molecule has 0 radical (unpaired) electrons. The first-order valence-electron chi connectivity index (χ1n) is 7.38. The first kappa shape index (κ1) is 17.9. The Bertz CT molecular complexity index is 449. The Hall–Kier alpha value is -1.15. The molecule has 0 aromatic rings. The van der Waals surface area contributed by atoms with Gasteiger partial charge in [0.15, 0.2) is 0 Å². The smallest absolute Gasteiger partial charge is 0.303 e. The lowest BCUT2D eigenvalue weighted by Crippen LogP contribution is -2.32. The quantitative estimate of drug-likeness (QED) is 0.573. The summed E-state index contributed by atoms with van der Waals surface area (Å²) in [4.78, 5) is 21.9. The Morgan fingerprint density at radius 3 is 2.43 bits per heavy atom. The van der Waals surface area contributed by atoms with Crippen LogP contribution in [0.15, 0.2) is 0 Å². The molecule has 21 heavy (non-hydrogen) atoms. The van der Waals surface area contributed by atoms with Gasteiger partial charge in [0, 0.05) is 32.5 Å². The van der Waals surface area contributed by atoms with Crippen molar-refractivity contribution in [3.05, 3.63) is 0 Å². The Balaban J connectivity index is 2.00. The van der Waals surface area contributed by atoms with E-state index in [-0.39, 0.29) is 31.0 Å². The van der Waals surface area contributed by atoms with Crippen molar-refractivity contribution in [1.82, 2.24) is 9.62 Å². The zero-order chi connectivity index (χ0) is 15.7. The topological polar surface area (TPSA) is 104 Å². The van der Waals surface area contributed by atoms with E-state index in [9.17, 15) is 18.0 Å². The van der Waals surface area contributed by atoms with E-state index in [2.05, 4.69) is 5.32 Å². The molecule has 1 saturated heterocycles. The van der Waals surface area contributed by atoms with Crippen molar-refractivity contribution < 1.29 is 23.1 Å². The number of hydrogen-bond acceptors (Lipinski definition) is 4. The van der Waals surface area contributed by atoms with Crippen LogP contribution in [-0.2, 0) is 19.6 Å². The van der Waals surface area contributed by atoms with Gasteiger partial charge in [-0.15, -0.1) is 0 Å². The minimum absolute atomic E-state index is 0.136. The molecule has 0 spiro atoms. The molecule has 2 N–H and O–H groups in total. The standard InChI is InChI=1S/C13H24N2O5S/c16-12(7-10-15-9-5-11-21(15,19)20)14-8-4-2-1-3-6-13(17)18/h1-11H2,(H,14,16)(H,17,18). The monoisotopic (exact) mass is 320 g/mol. The minimum Gasteiger partial charge on any atom is -0.481 e. The summed E-state index contributed by atoms with van der Waals surface area (Å²) in [5.41, 5.74) is 0. The predicted octanol–water partition coefficient (Wildman–Crippen LogP) is 0.563. The number of nitrogens with zero attached hydrogens (tertiary/aromatic N) is 1. The highest BCUT2D eigenvalue weighted by molar-refractivity contribution is 7.89. The van der Waals surface area contributed by atoms with Crippen molar-refractivity contribution in [2.24, 2.45) is 0 Å². The average Bonchev–Trinajstić information content (AvgIpc) is 2.74. The molecule has 0 bridgehead atoms. The number of hydrogen-bond donors (Lipinski definition) is 2. The Morgan fingerprint density at radius 1 is 1.10 bits per heavy atom. The van der Waals surface area contributed by atoms with Gasteiger partial charge in [-0.1, -0.05) is 12.8 Å². The van der Waals surface area contributed by atoms with Crippen LogP contribution < -0.4 is 5.32 Å². The number of carboxylic acids is 1. The van der Waals surface area contributed by atoms with Gasteiger partial charge < -0.3 is 10.4 Å². The van der Waals surface area contributed by atoms with E-state index in [1.165, 1.54) is 4.31 Å². The van der Waals surface area contributed by atoms with Crippen molar-refractivity contribution in [2.75, 3.05) is 25.4 Å². The number of carbonyl (C=O) groups is 2. The molecule has 122 valence electrons. The molecule has 1 rings (SSSR count). The molecule has 8 heteroatoms. The van der Waals surface area contributed by atoms with Crippen LogP contribution >= 0.6 is 0 Å². The predicted molar refractivity (Wildman–Crippen MR) is 78.3 cm³/mol. The summed E-state index contributed by atoms with van der Waals surface area (Å²) >= 11 is 0. The van der Waals surface area contributed by atoms with Gasteiger partial charge in [-0.05, 0) is 19.3 Å². The van der Waals surface area contributed by atoms with Crippen LogP contribution in [-0.4, -0.2) is 55.1 Å². The number of nitrogens with one attached hydrogen (secondary N) is 1. The lowest BCUT2D eigenvalue weighted by molar-refractivity contribution is -0.137. The molecular formula is C13H24N2O5S. The lowest BCUT2D eigenvalue weighted by atomic mass is 10.1. The maximum atomic E-state index is 11.6. The zero-order valence-electron chi connectivity index (χ0n) is 12.2. The number of unbranched alkanes of at least 4 members (excludes halogenated alkanes) is 3. The number of carbonyl (C=O) groups excluding carboxylic acids is 1. The summed E-state index contributed by atoms with van der Waals surface area (Å²) in [7, 11) is -3.12. The summed E-state index contributed by atoms with van der Waals surface area (Å²) < 4.78 is 24.4. The number of rotatable bonds is 10. The second-order valence-electron chi connectivity index (χ2n) is 5.23. The minimum atomic E-state index is -3.12. The van der Waals surface area contributed by atoms with Crippen LogP contribution in [0.25, 0.3) is 0 Å². The van der Waals surface area contributed by atoms with E-state index in [0.717, 1.165) is 19.3 Å². The first-order chi connectivity index (χ1) is 9.92. The molecule has 0 saturated carbocycles. The van der Waals surface area contributed by atoms with Gasteiger partial charge in [0.1, 0.15) is 0 Å². The van der Waals surface area contributed by atoms with Gasteiger partial charge >= 0.3 is 5.97 Å². The van der Waals surface area contributed by atoms with Crippen LogP contribution in [0.1, 0.15) is 44.9 Å². The number of sulfonamides is 1. The SMILES string of the molecule is O=C(O)CCCCCCNC(=O)CCN1CCCS1(=O)=O. The van der Waals surface area contributed by atoms with Crippen LogP contribution in [0.2, 0.25) is 0 Å². The third-order valence-corrected chi connectivity index (χ3v) is 5.39. The fraction of sp³-hybridized carbons (Fsp3) is 0.846. The van der Waals surface area contributed by atoms with E-state index in [0.29, 0.717) is 25.9 Å². The van der Waals surface area contributed by atoms with Crippen molar-refractivity contribution in [1.29, 1.82) is 0 Å². The van der Waals surface area contributed by atoms with Gasteiger partial charge in [-0.25, -0.2) is 12.7 Å². The normalized spacial score (nSPS) is 17.7. The van der Waals surface area contributed by atoms with Gasteiger partial charge in [-0.3, -0.25) is 9.59 Å². The van der Waals surface area contributed by atoms with Gasteiger partial charge in [-0.2, -0.15) is 0 Å². The molecule has 1 heterocycles. The maximum absolute atomic E-state index is 11.6. The summed E-state index contributed by atoms with van der Waals surface area (Å²) in [5.74, 6) is -0.729. The van der Waals surface area contributed by atoms with E-state index < -0.39 is 16.0 Å². The molecule has 1 amide bonds. The fourth-order valence-corrected chi connectivity index (χ4v) is 3.77. The maximum Gasteiger partial charge on any atom is 0.303 e. The van der Waals surface area contributed by atoms with Gasteiger partial charge in [0.05, 0.1) is 5.75 Å². The van der Waals surface area contributed by atoms with Crippen molar-refractivity contribution in [3.63, 3.8) is 0 Å². The number of carboxylic acid groups (broad SMARTS) is 1. The fourth-order valence-electron chi connectivity index (χ4n) is 2.24.